The third kappa shape index (κ3) is 2.97. The van der Waals surface area contributed by atoms with E-state index in [4.69, 9.17) is 11.6 Å². The summed E-state index contributed by atoms with van der Waals surface area (Å²) >= 11 is 5.74. The number of carbonyl (C=O) groups excluding carboxylic acids is 2. The van der Waals surface area contributed by atoms with E-state index in [0.717, 1.165) is 6.42 Å². The maximum absolute atomic E-state index is 11.8. The van der Waals surface area contributed by atoms with Gasteiger partial charge in [0, 0.05) is 17.1 Å². The van der Waals surface area contributed by atoms with E-state index < -0.39 is 6.04 Å². The van der Waals surface area contributed by atoms with E-state index in [-0.39, 0.29) is 11.8 Å². The van der Waals surface area contributed by atoms with Crippen molar-refractivity contribution < 1.29 is 9.59 Å². The molecule has 4 nitrogen and oxygen atoms in total. The van der Waals surface area contributed by atoms with Crippen molar-refractivity contribution in [1.29, 1.82) is 0 Å². The summed E-state index contributed by atoms with van der Waals surface area (Å²) in [5.41, 5.74) is 0.507. The molecule has 1 atom stereocenters. The van der Waals surface area contributed by atoms with Crippen LogP contribution in [0.4, 0.5) is 0 Å². The summed E-state index contributed by atoms with van der Waals surface area (Å²) in [6, 6.07) is 6.15. The first kappa shape index (κ1) is 11.9. The lowest BCUT2D eigenvalue weighted by Crippen LogP contribution is -2.50. The van der Waals surface area contributed by atoms with Crippen LogP contribution in [0.1, 0.15) is 23.2 Å². The number of carbonyl (C=O) groups is 2. The highest BCUT2D eigenvalue weighted by Gasteiger charge is 2.23. The molecule has 1 fully saturated rings. The Labute approximate surface area is 104 Å². The van der Waals surface area contributed by atoms with Crippen LogP contribution >= 0.6 is 11.6 Å². The second-order valence-corrected chi connectivity index (χ2v) is 4.40. The minimum absolute atomic E-state index is 0.112. The van der Waals surface area contributed by atoms with Gasteiger partial charge in [-0.15, -0.1) is 0 Å². The molecule has 1 heterocycles. The molecule has 5 heteroatoms. The van der Waals surface area contributed by atoms with Gasteiger partial charge in [-0.3, -0.25) is 9.59 Å². The average molecular weight is 253 g/mol. The van der Waals surface area contributed by atoms with E-state index in [1.165, 1.54) is 0 Å². The number of nitrogens with one attached hydrogen (secondary N) is 2. The van der Waals surface area contributed by atoms with Gasteiger partial charge < -0.3 is 10.6 Å². The largest absolute Gasteiger partial charge is 0.354 e. The minimum Gasteiger partial charge on any atom is -0.354 e. The Bertz CT molecular complexity index is 431. The van der Waals surface area contributed by atoms with Crippen LogP contribution in [0.25, 0.3) is 0 Å². The van der Waals surface area contributed by atoms with Gasteiger partial charge in [-0.25, -0.2) is 0 Å². The van der Waals surface area contributed by atoms with Gasteiger partial charge in [0.05, 0.1) is 0 Å². The van der Waals surface area contributed by atoms with Crippen molar-refractivity contribution in [3.63, 3.8) is 0 Å². The molecular formula is C12H13ClN2O2. The molecular weight excluding hydrogens is 240 g/mol. The zero-order chi connectivity index (χ0) is 12.3. The maximum atomic E-state index is 11.8. The fourth-order valence-corrected chi connectivity index (χ4v) is 1.88. The Morgan fingerprint density at radius 2 is 2.06 bits per heavy atom. The van der Waals surface area contributed by atoms with E-state index in [9.17, 15) is 9.59 Å². The van der Waals surface area contributed by atoms with E-state index in [2.05, 4.69) is 10.6 Å². The Morgan fingerprint density at radius 1 is 1.35 bits per heavy atom. The van der Waals surface area contributed by atoms with Crippen molar-refractivity contribution in [3.8, 4) is 0 Å². The van der Waals surface area contributed by atoms with E-state index in [0.29, 0.717) is 23.6 Å². The number of amides is 2. The topological polar surface area (TPSA) is 58.2 Å². The van der Waals surface area contributed by atoms with Crippen molar-refractivity contribution in [2.45, 2.75) is 18.9 Å². The average Bonchev–Trinajstić information content (AvgIpc) is 2.33. The lowest BCUT2D eigenvalue weighted by atomic mass is 10.1. The van der Waals surface area contributed by atoms with Crippen LogP contribution in [-0.2, 0) is 4.79 Å². The van der Waals surface area contributed by atoms with E-state index in [1.807, 2.05) is 0 Å². The number of benzene rings is 1. The van der Waals surface area contributed by atoms with Gasteiger partial charge in [0.25, 0.3) is 5.91 Å². The van der Waals surface area contributed by atoms with Crippen molar-refractivity contribution in [3.05, 3.63) is 34.9 Å². The highest BCUT2D eigenvalue weighted by Crippen LogP contribution is 2.10. The van der Waals surface area contributed by atoms with Gasteiger partial charge in [-0.2, -0.15) is 0 Å². The fraction of sp³-hybridized carbons (Fsp3) is 0.333. The molecule has 0 radical (unpaired) electrons. The molecule has 0 unspecified atom stereocenters. The minimum atomic E-state index is -0.424. The number of hydrogen-bond acceptors (Lipinski definition) is 2. The molecule has 1 aromatic carbocycles. The predicted octanol–water partition coefficient (Wildman–Crippen LogP) is 1.35. The Balaban J connectivity index is 2.01. The zero-order valence-corrected chi connectivity index (χ0v) is 9.96. The van der Waals surface area contributed by atoms with Crippen LogP contribution in [0.15, 0.2) is 24.3 Å². The molecule has 2 amide bonds. The first-order valence-electron chi connectivity index (χ1n) is 5.51. The van der Waals surface area contributed by atoms with Crippen LogP contribution < -0.4 is 10.6 Å². The van der Waals surface area contributed by atoms with Gasteiger partial charge in [0.15, 0.2) is 0 Å². The summed E-state index contributed by atoms with van der Waals surface area (Å²) in [6.45, 7) is 0.687. The molecule has 2 rings (SSSR count). The van der Waals surface area contributed by atoms with Crippen LogP contribution in [0.3, 0.4) is 0 Å². The monoisotopic (exact) mass is 252 g/mol. The molecule has 1 aliphatic heterocycles. The standard InChI is InChI=1S/C12H13ClN2O2/c13-9-5-3-8(4-6-9)11(16)15-10-2-1-7-14-12(10)17/h3-6,10H,1-2,7H2,(H,14,17)(H,15,16)/t10-/m1/s1. The first-order chi connectivity index (χ1) is 8.16. The predicted molar refractivity (Wildman–Crippen MR) is 64.9 cm³/mol. The van der Waals surface area contributed by atoms with Gasteiger partial charge in [0.2, 0.25) is 5.91 Å². The van der Waals surface area contributed by atoms with Crippen LogP contribution in [-0.4, -0.2) is 24.4 Å². The molecule has 1 aliphatic rings. The van der Waals surface area contributed by atoms with Gasteiger partial charge in [-0.1, -0.05) is 11.6 Å². The maximum Gasteiger partial charge on any atom is 0.251 e. The Morgan fingerprint density at radius 3 is 2.71 bits per heavy atom. The van der Waals surface area contributed by atoms with Gasteiger partial charge >= 0.3 is 0 Å². The number of halogens is 1. The summed E-state index contributed by atoms with van der Waals surface area (Å²) in [4.78, 5) is 23.3. The lowest BCUT2D eigenvalue weighted by Gasteiger charge is -2.22. The molecule has 1 saturated heterocycles. The number of piperidine rings is 1. The third-order valence-corrected chi connectivity index (χ3v) is 2.95. The van der Waals surface area contributed by atoms with Gasteiger partial charge in [-0.05, 0) is 37.1 Å². The van der Waals surface area contributed by atoms with Crippen molar-refractivity contribution >= 4 is 23.4 Å². The molecule has 90 valence electrons. The van der Waals surface area contributed by atoms with E-state index in [1.54, 1.807) is 24.3 Å². The zero-order valence-electron chi connectivity index (χ0n) is 9.20. The number of rotatable bonds is 2. The molecule has 2 N–H and O–H groups in total. The molecule has 0 aliphatic carbocycles. The smallest absolute Gasteiger partial charge is 0.251 e. The SMILES string of the molecule is O=C(N[C@@H]1CCCNC1=O)c1ccc(Cl)cc1. The van der Waals surface area contributed by atoms with Crippen molar-refractivity contribution in [2.75, 3.05) is 6.54 Å². The summed E-state index contributed by atoms with van der Waals surface area (Å²) < 4.78 is 0. The van der Waals surface area contributed by atoms with Crippen LogP contribution in [0.5, 0.6) is 0 Å². The number of hydrogen-bond donors (Lipinski definition) is 2. The molecule has 0 spiro atoms. The lowest BCUT2D eigenvalue weighted by molar-refractivity contribution is -0.124. The Kier molecular flexibility index (Phi) is 3.64. The quantitative estimate of drug-likeness (QED) is 0.835. The molecule has 1 aromatic rings. The van der Waals surface area contributed by atoms with Crippen LogP contribution in [0.2, 0.25) is 5.02 Å². The summed E-state index contributed by atoms with van der Waals surface area (Å²) in [5, 5.41) is 6.01. The highest BCUT2D eigenvalue weighted by molar-refractivity contribution is 6.30. The first-order valence-corrected chi connectivity index (χ1v) is 5.89. The second-order valence-electron chi connectivity index (χ2n) is 3.97. The summed E-state index contributed by atoms with van der Waals surface area (Å²) in [7, 11) is 0. The van der Waals surface area contributed by atoms with Gasteiger partial charge in [0.1, 0.15) is 6.04 Å². The van der Waals surface area contributed by atoms with Crippen LogP contribution in [0, 0.1) is 0 Å². The van der Waals surface area contributed by atoms with E-state index >= 15 is 0 Å². The Hall–Kier alpha value is -1.55. The molecule has 17 heavy (non-hydrogen) atoms. The molecule has 0 saturated carbocycles. The second kappa shape index (κ2) is 5.19. The normalized spacial score (nSPS) is 19.6. The molecule has 0 aromatic heterocycles. The third-order valence-electron chi connectivity index (χ3n) is 2.70. The highest BCUT2D eigenvalue weighted by atomic mass is 35.5. The summed E-state index contributed by atoms with van der Waals surface area (Å²) in [5.74, 6) is -0.359. The van der Waals surface area contributed by atoms with Crippen molar-refractivity contribution in [1.82, 2.24) is 10.6 Å². The molecule has 0 bridgehead atoms. The fourth-order valence-electron chi connectivity index (χ4n) is 1.75. The summed E-state index contributed by atoms with van der Waals surface area (Å²) in [6.07, 6.45) is 1.57. The van der Waals surface area contributed by atoms with Crippen molar-refractivity contribution in [2.24, 2.45) is 0 Å².